The number of fused-ring (bicyclic) bond motifs is 1. The highest BCUT2D eigenvalue weighted by Gasteiger charge is 2.65. The zero-order valence-corrected chi connectivity index (χ0v) is 26.5. The summed E-state index contributed by atoms with van der Waals surface area (Å²) in [6, 6.07) is 24.0. The van der Waals surface area contributed by atoms with Crippen LogP contribution in [0.1, 0.15) is 40.4 Å². The largest absolute Gasteiger partial charge is 0.350 e. The maximum Gasteiger partial charge on any atom is 0.263 e. The SMILES string of the molecule is C[C@@]1(CN2C(=O)C(c3ccncc3)(c3ccncc3)NC2=CC(=O)c2ccc(C#N)cc2)[C@@H]2CCN(S(=O)(=O)c3ccccc3)C[C@@H]21. The number of hydrogen-bond acceptors (Lipinski definition) is 8. The number of aromatic nitrogens is 2. The van der Waals surface area contributed by atoms with E-state index >= 15 is 0 Å². The Morgan fingerprint density at radius 2 is 1.57 bits per heavy atom. The quantitative estimate of drug-likeness (QED) is 0.224. The first-order valence-corrected chi connectivity index (χ1v) is 16.8. The Balaban J connectivity index is 1.25. The molecule has 2 aromatic carbocycles. The molecule has 3 atom stereocenters. The van der Waals surface area contributed by atoms with Crippen LogP contribution in [0.5, 0.6) is 0 Å². The number of nitriles is 1. The van der Waals surface area contributed by atoms with E-state index in [1.807, 2.05) is 0 Å². The van der Waals surface area contributed by atoms with Crippen LogP contribution in [-0.2, 0) is 20.4 Å². The topological polar surface area (TPSA) is 136 Å². The zero-order chi connectivity index (χ0) is 32.8. The van der Waals surface area contributed by atoms with Crippen LogP contribution in [0, 0.1) is 28.6 Å². The summed E-state index contributed by atoms with van der Waals surface area (Å²) in [5, 5.41) is 12.7. The second kappa shape index (κ2) is 11.6. The fraction of sp³-hybridized carbons (Fsp3) is 0.250. The summed E-state index contributed by atoms with van der Waals surface area (Å²) in [7, 11) is -3.66. The van der Waals surface area contributed by atoms with Crippen LogP contribution < -0.4 is 5.32 Å². The number of carbonyl (C=O) groups is 2. The summed E-state index contributed by atoms with van der Waals surface area (Å²) in [5.41, 5.74) is 0.377. The van der Waals surface area contributed by atoms with Crippen LogP contribution in [-0.4, -0.2) is 58.9 Å². The molecular formula is C36H32N6O4S. The second-order valence-electron chi connectivity index (χ2n) is 12.5. The average molecular weight is 645 g/mol. The molecule has 2 aromatic heterocycles. The van der Waals surface area contributed by atoms with Gasteiger partial charge in [-0.3, -0.25) is 24.5 Å². The predicted molar refractivity (Wildman–Crippen MR) is 173 cm³/mol. The van der Waals surface area contributed by atoms with Crippen LogP contribution in [0.4, 0.5) is 0 Å². The van der Waals surface area contributed by atoms with Crippen LogP contribution in [0.15, 0.2) is 120 Å². The van der Waals surface area contributed by atoms with E-state index in [-0.39, 0.29) is 40.4 Å². The molecule has 0 unspecified atom stereocenters. The van der Waals surface area contributed by atoms with Crippen molar-refractivity contribution >= 4 is 21.7 Å². The van der Waals surface area contributed by atoms with Gasteiger partial charge in [-0.15, -0.1) is 0 Å². The fourth-order valence-corrected chi connectivity index (χ4v) is 8.84. The van der Waals surface area contributed by atoms with Crippen molar-refractivity contribution < 1.29 is 18.0 Å². The zero-order valence-electron chi connectivity index (χ0n) is 25.7. The number of allylic oxidation sites excluding steroid dienone is 1. The molecule has 236 valence electrons. The Labute approximate surface area is 273 Å². The minimum atomic E-state index is -3.66. The maximum atomic E-state index is 14.9. The number of hydrogen-bond donors (Lipinski definition) is 1. The molecule has 7 rings (SSSR count). The minimum Gasteiger partial charge on any atom is -0.350 e. The van der Waals surface area contributed by atoms with Crippen molar-refractivity contribution in [2.24, 2.45) is 17.3 Å². The molecule has 1 saturated carbocycles. The molecule has 11 heteroatoms. The third-order valence-corrected chi connectivity index (χ3v) is 11.9. The van der Waals surface area contributed by atoms with E-state index in [4.69, 9.17) is 0 Å². The van der Waals surface area contributed by atoms with Gasteiger partial charge in [-0.1, -0.05) is 25.1 Å². The lowest BCUT2D eigenvalue weighted by molar-refractivity contribution is -0.131. The Kier molecular flexibility index (Phi) is 7.50. The smallest absolute Gasteiger partial charge is 0.263 e. The number of benzene rings is 2. The van der Waals surface area contributed by atoms with Gasteiger partial charge in [0, 0.05) is 56.1 Å². The summed E-state index contributed by atoms with van der Waals surface area (Å²) < 4.78 is 28.5. The molecule has 3 aliphatic rings. The Bertz CT molecular complexity index is 1980. The maximum absolute atomic E-state index is 14.9. The third-order valence-electron chi connectivity index (χ3n) is 10.0. The van der Waals surface area contributed by atoms with E-state index < -0.39 is 15.6 Å². The molecular weight excluding hydrogens is 613 g/mol. The van der Waals surface area contributed by atoms with E-state index in [0.717, 1.165) is 0 Å². The van der Waals surface area contributed by atoms with Crippen molar-refractivity contribution in [3.05, 3.63) is 138 Å². The molecule has 4 aromatic rings. The average Bonchev–Trinajstić information content (AvgIpc) is 3.61. The molecule has 2 aliphatic heterocycles. The predicted octanol–water partition coefficient (Wildman–Crippen LogP) is 4.09. The summed E-state index contributed by atoms with van der Waals surface area (Å²) in [6.07, 6.45) is 8.61. The number of piperidine rings is 1. The Morgan fingerprint density at radius 1 is 0.957 bits per heavy atom. The highest BCUT2D eigenvalue weighted by atomic mass is 32.2. The molecule has 2 saturated heterocycles. The van der Waals surface area contributed by atoms with Gasteiger partial charge < -0.3 is 5.32 Å². The summed E-state index contributed by atoms with van der Waals surface area (Å²) >= 11 is 0. The van der Waals surface area contributed by atoms with Crippen LogP contribution in [0.25, 0.3) is 0 Å². The lowest BCUT2D eigenvalue weighted by Crippen LogP contribution is -2.45. The van der Waals surface area contributed by atoms with E-state index in [1.54, 1.807) is 113 Å². The molecule has 0 bridgehead atoms. The van der Waals surface area contributed by atoms with Crippen LogP contribution in [0.3, 0.4) is 0 Å². The fourth-order valence-electron chi connectivity index (χ4n) is 7.33. The molecule has 47 heavy (non-hydrogen) atoms. The van der Waals surface area contributed by atoms with Crippen molar-refractivity contribution in [2.75, 3.05) is 19.6 Å². The number of amides is 1. The lowest BCUT2D eigenvalue weighted by atomic mass is 9.83. The molecule has 4 heterocycles. The monoisotopic (exact) mass is 644 g/mol. The standard InChI is InChI=1S/C36H32N6O4S/c1-35(30-15-20-41(23-31(30)35)47(45,46)29-5-3-2-4-6-29)24-42-33(21-32(43)26-9-7-25(22-37)8-10-26)40-36(34(42)44,27-11-16-38-17-12-27)28-13-18-39-19-14-28/h2-14,16-19,21,30-31,40H,15,20,23-24H2,1H3/t30-,31+,35-/m1/s1. The summed E-state index contributed by atoms with van der Waals surface area (Å²) in [6.45, 7) is 3.15. The van der Waals surface area contributed by atoms with Crippen molar-refractivity contribution in [3.63, 3.8) is 0 Å². The van der Waals surface area contributed by atoms with E-state index in [2.05, 4.69) is 28.3 Å². The molecule has 0 spiro atoms. The second-order valence-corrected chi connectivity index (χ2v) is 14.4. The summed E-state index contributed by atoms with van der Waals surface area (Å²) in [4.78, 5) is 38.8. The number of nitrogens with zero attached hydrogens (tertiary/aromatic N) is 5. The Morgan fingerprint density at radius 3 is 2.17 bits per heavy atom. The van der Waals surface area contributed by atoms with Gasteiger partial charge in [0.25, 0.3) is 5.91 Å². The van der Waals surface area contributed by atoms with Crippen molar-refractivity contribution in [2.45, 2.75) is 23.8 Å². The van der Waals surface area contributed by atoms with Crippen molar-refractivity contribution in [1.29, 1.82) is 5.26 Å². The van der Waals surface area contributed by atoms with Crippen LogP contribution >= 0.6 is 0 Å². The molecule has 1 N–H and O–H groups in total. The number of pyridine rings is 2. The van der Waals surface area contributed by atoms with Gasteiger partial charge in [-0.05, 0) is 95.5 Å². The number of rotatable bonds is 8. The van der Waals surface area contributed by atoms with Crippen molar-refractivity contribution in [3.8, 4) is 6.07 Å². The minimum absolute atomic E-state index is 0.0369. The van der Waals surface area contributed by atoms with Gasteiger partial charge in [0.1, 0.15) is 5.82 Å². The summed E-state index contributed by atoms with van der Waals surface area (Å²) in [5.74, 6) is 0.0114. The first-order valence-electron chi connectivity index (χ1n) is 15.4. The molecule has 1 aliphatic carbocycles. The molecule has 3 fully saturated rings. The van der Waals surface area contributed by atoms with Gasteiger partial charge >= 0.3 is 0 Å². The first kappa shape index (κ1) is 30.5. The molecule has 1 amide bonds. The van der Waals surface area contributed by atoms with E-state index in [0.29, 0.717) is 47.6 Å². The molecule has 10 nitrogen and oxygen atoms in total. The number of ketones is 1. The number of sulfonamides is 1. The highest BCUT2D eigenvalue weighted by Crippen LogP contribution is 2.63. The van der Waals surface area contributed by atoms with Gasteiger partial charge in [0.05, 0.1) is 16.5 Å². The van der Waals surface area contributed by atoms with E-state index in [1.165, 1.54) is 6.08 Å². The highest BCUT2D eigenvalue weighted by molar-refractivity contribution is 7.89. The molecule has 0 radical (unpaired) electrons. The van der Waals surface area contributed by atoms with Crippen LogP contribution in [0.2, 0.25) is 0 Å². The van der Waals surface area contributed by atoms with Gasteiger partial charge in [0.2, 0.25) is 10.0 Å². The van der Waals surface area contributed by atoms with Gasteiger partial charge in [0.15, 0.2) is 11.3 Å². The normalized spacial score (nSPS) is 24.3. The van der Waals surface area contributed by atoms with E-state index in [9.17, 15) is 23.3 Å². The van der Waals surface area contributed by atoms with Crippen molar-refractivity contribution in [1.82, 2.24) is 24.5 Å². The Hall–Kier alpha value is -5.18. The van der Waals surface area contributed by atoms with Gasteiger partial charge in [-0.2, -0.15) is 9.57 Å². The first-order chi connectivity index (χ1) is 22.7. The van der Waals surface area contributed by atoms with Gasteiger partial charge in [-0.25, -0.2) is 8.42 Å². The number of carbonyl (C=O) groups excluding carboxylic acids is 2. The third kappa shape index (κ3) is 5.10. The lowest BCUT2D eigenvalue weighted by Gasteiger charge is -2.29. The number of nitrogens with one attached hydrogen (secondary N) is 1.